The second kappa shape index (κ2) is 9.74. The molecule has 3 rings (SSSR count). The van der Waals surface area contributed by atoms with Crippen molar-refractivity contribution < 1.29 is 9.53 Å². The van der Waals surface area contributed by atoms with E-state index in [1.165, 1.54) is 0 Å². The summed E-state index contributed by atoms with van der Waals surface area (Å²) in [7, 11) is 0. The maximum atomic E-state index is 12.9. The first-order valence-corrected chi connectivity index (χ1v) is 8.51. The first-order valence-electron chi connectivity index (χ1n) is 8.51. The fourth-order valence-corrected chi connectivity index (χ4v) is 3.55. The number of hydrogen-bond acceptors (Lipinski definition) is 4. The molecule has 5 nitrogen and oxygen atoms in total. The molecule has 0 radical (unpaired) electrons. The molecule has 0 spiro atoms. The van der Waals surface area contributed by atoms with Crippen LogP contribution in [0.4, 0.5) is 0 Å². The number of amides is 1. The van der Waals surface area contributed by atoms with Crippen LogP contribution in [0, 0.1) is 5.92 Å². The van der Waals surface area contributed by atoms with Crippen LogP contribution in [0.3, 0.4) is 0 Å². The van der Waals surface area contributed by atoms with E-state index in [1.807, 2.05) is 42.2 Å². The summed E-state index contributed by atoms with van der Waals surface area (Å²) in [5, 5.41) is 0. The van der Waals surface area contributed by atoms with Gasteiger partial charge in [0, 0.05) is 32.7 Å². The maximum absolute atomic E-state index is 12.9. The van der Waals surface area contributed by atoms with Crippen LogP contribution in [-0.4, -0.2) is 61.6 Å². The average Bonchev–Trinajstić information content (AvgIpc) is 3.04. The summed E-state index contributed by atoms with van der Waals surface area (Å²) in [4.78, 5) is 17.3. The summed E-state index contributed by atoms with van der Waals surface area (Å²) in [5.74, 6) is 0.580. The second-order valence-corrected chi connectivity index (χ2v) is 6.89. The quantitative estimate of drug-likeness (QED) is 0.853. The molecule has 0 aliphatic carbocycles. The molecule has 2 saturated heterocycles. The van der Waals surface area contributed by atoms with Crippen LogP contribution in [0.25, 0.3) is 0 Å². The van der Waals surface area contributed by atoms with Gasteiger partial charge in [0.2, 0.25) is 5.91 Å². The molecular formula is C18H29Cl2N3O2. The molecule has 7 heteroatoms. The molecule has 2 heterocycles. The zero-order valence-corrected chi connectivity index (χ0v) is 16.4. The van der Waals surface area contributed by atoms with Crippen LogP contribution in [0.15, 0.2) is 30.3 Å². The number of carbonyl (C=O) groups excluding carboxylic acids is 1. The molecule has 0 saturated carbocycles. The number of nitrogens with two attached hydrogens (primary N) is 1. The first kappa shape index (κ1) is 22.2. The SMILES string of the molecule is CC(N)(C(=O)N1CCC(CN2CCOCC2)C1)c1ccccc1.Cl.Cl. The first-order chi connectivity index (χ1) is 11.1. The van der Waals surface area contributed by atoms with Gasteiger partial charge in [0.05, 0.1) is 13.2 Å². The van der Waals surface area contributed by atoms with Crippen molar-refractivity contribution in [3.63, 3.8) is 0 Å². The third-order valence-corrected chi connectivity index (χ3v) is 5.01. The number of ether oxygens (including phenoxy) is 1. The van der Waals surface area contributed by atoms with Crippen molar-refractivity contribution in [1.82, 2.24) is 9.80 Å². The Morgan fingerprint density at radius 2 is 1.84 bits per heavy atom. The van der Waals surface area contributed by atoms with Gasteiger partial charge in [-0.3, -0.25) is 9.69 Å². The fourth-order valence-electron chi connectivity index (χ4n) is 3.55. The number of hydrogen-bond donors (Lipinski definition) is 1. The molecule has 2 N–H and O–H groups in total. The number of nitrogens with zero attached hydrogens (tertiary/aromatic N) is 2. The third-order valence-electron chi connectivity index (χ3n) is 5.01. The van der Waals surface area contributed by atoms with Gasteiger partial charge in [-0.05, 0) is 24.8 Å². The molecule has 142 valence electrons. The minimum absolute atomic E-state index is 0. The van der Waals surface area contributed by atoms with Crippen molar-refractivity contribution in [1.29, 1.82) is 0 Å². The minimum atomic E-state index is -0.949. The summed E-state index contributed by atoms with van der Waals surface area (Å²) >= 11 is 0. The molecule has 25 heavy (non-hydrogen) atoms. The van der Waals surface area contributed by atoms with Crippen molar-refractivity contribution in [2.24, 2.45) is 11.7 Å². The van der Waals surface area contributed by atoms with Gasteiger partial charge in [-0.2, -0.15) is 0 Å². The van der Waals surface area contributed by atoms with E-state index in [0.29, 0.717) is 5.92 Å². The lowest BCUT2D eigenvalue weighted by molar-refractivity contribution is -0.135. The highest BCUT2D eigenvalue weighted by molar-refractivity contribution is 5.87. The van der Waals surface area contributed by atoms with E-state index in [1.54, 1.807) is 0 Å². The monoisotopic (exact) mass is 389 g/mol. The van der Waals surface area contributed by atoms with Gasteiger partial charge >= 0.3 is 0 Å². The lowest BCUT2D eigenvalue weighted by Gasteiger charge is -2.31. The second-order valence-electron chi connectivity index (χ2n) is 6.89. The van der Waals surface area contributed by atoms with Crippen LogP contribution in [0.1, 0.15) is 18.9 Å². The minimum Gasteiger partial charge on any atom is -0.379 e. The predicted molar refractivity (Wildman–Crippen MR) is 104 cm³/mol. The lowest BCUT2D eigenvalue weighted by Crippen LogP contribution is -2.50. The Kier molecular flexibility index (Phi) is 8.64. The van der Waals surface area contributed by atoms with E-state index in [-0.39, 0.29) is 30.7 Å². The van der Waals surface area contributed by atoms with Gasteiger partial charge in [-0.15, -0.1) is 24.8 Å². The third kappa shape index (κ3) is 5.31. The summed E-state index contributed by atoms with van der Waals surface area (Å²) < 4.78 is 5.39. The topological polar surface area (TPSA) is 58.8 Å². The zero-order valence-electron chi connectivity index (χ0n) is 14.7. The molecule has 2 aliphatic heterocycles. The zero-order chi connectivity index (χ0) is 16.3. The largest absolute Gasteiger partial charge is 0.379 e. The number of halogens is 2. The Morgan fingerprint density at radius 1 is 1.20 bits per heavy atom. The highest BCUT2D eigenvalue weighted by Gasteiger charge is 2.38. The molecule has 1 aromatic carbocycles. The van der Waals surface area contributed by atoms with Crippen LogP contribution in [-0.2, 0) is 15.1 Å². The van der Waals surface area contributed by atoms with Gasteiger partial charge < -0.3 is 15.4 Å². The van der Waals surface area contributed by atoms with Crippen LogP contribution in [0.2, 0.25) is 0 Å². The normalized spacial score (nSPS) is 23.3. The molecule has 0 aromatic heterocycles. The van der Waals surface area contributed by atoms with Crippen molar-refractivity contribution in [2.75, 3.05) is 45.9 Å². The fraction of sp³-hybridized carbons (Fsp3) is 0.611. The van der Waals surface area contributed by atoms with Gasteiger partial charge in [0.15, 0.2) is 0 Å². The number of rotatable bonds is 4. The van der Waals surface area contributed by atoms with E-state index in [0.717, 1.165) is 57.9 Å². The van der Waals surface area contributed by atoms with Gasteiger partial charge in [-0.25, -0.2) is 0 Å². The Labute approximate surface area is 162 Å². The Morgan fingerprint density at radius 3 is 2.48 bits per heavy atom. The van der Waals surface area contributed by atoms with E-state index in [2.05, 4.69) is 4.90 Å². The number of morpholine rings is 1. The van der Waals surface area contributed by atoms with Gasteiger partial charge in [0.1, 0.15) is 5.54 Å². The van der Waals surface area contributed by atoms with Gasteiger partial charge in [-0.1, -0.05) is 30.3 Å². The van der Waals surface area contributed by atoms with Crippen molar-refractivity contribution >= 4 is 30.7 Å². The van der Waals surface area contributed by atoms with Crippen LogP contribution < -0.4 is 5.73 Å². The smallest absolute Gasteiger partial charge is 0.246 e. The molecule has 2 unspecified atom stereocenters. The predicted octanol–water partition coefficient (Wildman–Crippen LogP) is 1.88. The molecule has 2 atom stereocenters. The Hall–Kier alpha value is -0.850. The summed E-state index contributed by atoms with van der Waals surface area (Å²) in [6.45, 7) is 8.16. The van der Waals surface area contributed by atoms with Crippen molar-refractivity contribution in [2.45, 2.75) is 18.9 Å². The van der Waals surface area contributed by atoms with Crippen LogP contribution in [0.5, 0.6) is 0 Å². The number of carbonyl (C=O) groups is 1. The number of benzene rings is 1. The molecule has 0 bridgehead atoms. The maximum Gasteiger partial charge on any atom is 0.246 e. The number of likely N-dealkylation sites (tertiary alicyclic amines) is 1. The molecule has 1 aromatic rings. The molecule has 2 fully saturated rings. The summed E-state index contributed by atoms with van der Waals surface area (Å²) in [5.41, 5.74) is 6.30. The molecule has 2 aliphatic rings. The standard InChI is InChI=1S/C18H27N3O2.2ClH/c1-18(19,16-5-3-2-4-6-16)17(22)21-8-7-15(14-21)13-20-9-11-23-12-10-20;;/h2-6,15H,7-14,19H2,1H3;2*1H. The Bertz CT molecular complexity index is 536. The van der Waals surface area contributed by atoms with Crippen LogP contribution >= 0.6 is 24.8 Å². The highest BCUT2D eigenvalue weighted by Crippen LogP contribution is 2.25. The van der Waals surface area contributed by atoms with Crippen molar-refractivity contribution in [3.8, 4) is 0 Å². The molecular weight excluding hydrogens is 361 g/mol. The molecule has 1 amide bonds. The summed E-state index contributed by atoms with van der Waals surface area (Å²) in [6.07, 6.45) is 1.06. The highest BCUT2D eigenvalue weighted by atomic mass is 35.5. The van der Waals surface area contributed by atoms with Gasteiger partial charge in [0.25, 0.3) is 0 Å². The van der Waals surface area contributed by atoms with E-state index in [9.17, 15) is 4.79 Å². The average molecular weight is 390 g/mol. The van der Waals surface area contributed by atoms with E-state index >= 15 is 0 Å². The summed E-state index contributed by atoms with van der Waals surface area (Å²) in [6, 6.07) is 9.66. The van der Waals surface area contributed by atoms with E-state index in [4.69, 9.17) is 10.5 Å². The van der Waals surface area contributed by atoms with Crippen molar-refractivity contribution in [3.05, 3.63) is 35.9 Å². The Balaban J connectivity index is 0.00000156. The lowest BCUT2D eigenvalue weighted by atomic mass is 9.92. The van der Waals surface area contributed by atoms with E-state index < -0.39 is 5.54 Å².